The van der Waals surface area contributed by atoms with Crippen molar-refractivity contribution in [3.05, 3.63) is 76.8 Å². The molecule has 2 aromatic carbocycles. The van der Waals surface area contributed by atoms with Crippen LogP contribution < -0.4 is 10.6 Å². The Balaban J connectivity index is 1.43. The molecule has 0 saturated heterocycles. The van der Waals surface area contributed by atoms with E-state index in [0.29, 0.717) is 41.0 Å². The molecule has 0 atom stereocenters. The van der Waals surface area contributed by atoms with Gasteiger partial charge in [-0.05, 0) is 68.7 Å². The molecular weight excluding hydrogens is 439 g/mol. The van der Waals surface area contributed by atoms with E-state index in [4.69, 9.17) is 9.47 Å². The van der Waals surface area contributed by atoms with Crippen molar-refractivity contribution in [1.82, 2.24) is 5.32 Å². The van der Waals surface area contributed by atoms with Gasteiger partial charge in [0.05, 0.1) is 18.4 Å². The number of fused-ring (bicyclic) bond motifs is 1. The lowest BCUT2D eigenvalue weighted by atomic mass is 9.91. The van der Waals surface area contributed by atoms with Crippen LogP contribution in [-0.2, 0) is 19.1 Å². The number of esters is 1. The molecule has 0 aromatic heterocycles. The fraction of sp³-hybridized carbons (Fsp3) is 0.269. The predicted octanol–water partition coefficient (Wildman–Crippen LogP) is 3.82. The van der Waals surface area contributed by atoms with Crippen molar-refractivity contribution in [2.24, 2.45) is 0 Å². The quantitative estimate of drug-likeness (QED) is 0.532. The summed E-state index contributed by atoms with van der Waals surface area (Å²) < 4.78 is 24.5. The smallest absolute Gasteiger partial charge is 0.331 e. The van der Waals surface area contributed by atoms with Gasteiger partial charge in [0.15, 0.2) is 0 Å². The normalized spacial score (nSPS) is 21.2. The summed E-state index contributed by atoms with van der Waals surface area (Å²) in [5.41, 5.74) is 1.76. The van der Waals surface area contributed by atoms with E-state index in [-0.39, 0.29) is 11.8 Å². The fourth-order valence-electron chi connectivity index (χ4n) is 4.40. The molecule has 174 valence electrons. The van der Waals surface area contributed by atoms with E-state index in [0.717, 1.165) is 11.1 Å². The summed E-state index contributed by atoms with van der Waals surface area (Å²) in [6.07, 6.45) is 2.92. The second-order valence-electron chi connectivity index (χ2n) is 9.16. The van der Waals surface area contributed by atoms with Crippen molar-refractivity contribution in [3.8, 4) is 0 Å². The first-order valence-corrected chi connectivity index (χ1v) is 10.9. The molecule has 3 aliphatic rings. The molecule has 0 unspecified atom stereocenters. The summed E-state index contributed by atoms with van der Waals surface area (Å²) in [6, 6.07) is 11.1. The summed E-state index contributed by atoms with van der Waals surface area (Å²) in [5.74, 6) is -1.17. The highest BCUT2D eigenvalue weighted by molar-refractivity contribution is 6.32. The number of ether oxygens (including phenoxy) is 2. The van der Waals surface area contributed by atoms with Crippen LogP contribution in [0.2, 0.25) is 0 Å². The molecule has 1 saturated carbocycles. The van der Waals surface area contributed by atoms with Gasteiger partial charge in [0.2, 0.25) is 0 Å². The second kappa shape index (κ2) is 7.55. The number of methoxy groups -OCH3 is 1. The summed E-state index contributed by atoms with van der Waals surface area (Å²) in [6.45, 7) is 3.78. The first kappa shape index (κ1) is 21.9. The van der Waals surface area contributed by atoms with E-state index in [2.05, 4.69) is 10.6 Å². The minimum Gasteiger partial charge on any atom is -0.482 e. The number of hydrogen-bond acceptors (Lipinski definition) is 5. The van der Waals surface area contributed by atoms with E-state index < -0.39 is 22.9 Å². The third-order valence-corrected chi connectivity index (χ3v) is 6.40. The van der Waals surface area contributed by atoms with Crippen LogP contribution in [-0.4, -0.2) is 36.0 Å². The van der Waals surface area contributed by atoms with Gasteiger partial charge in [0.25, 0.3) is 11.8 Å². The van der Waals surface area contributed by atoms with Crippen LogP contribution in [0.4, 0.5) is 10.1 Å². The highest BCUT2D eigenvalue weighted by Crippen LogP contribution is 2.44. The minimum atomic E-state index is -0.920. The molecule has 34 heavy (non-hydrogen) atoms. The monoisotopic (exact) mass is 462 g/mol. The maximum absolute atomic E-state index is 13.6. The van der Waals surface area contributed by atoms with Crippen molar-refractivity contribution in [2.75, 3.05) is 12.4 Å². The maximum atomic E-state index is 13.6. The van der Waals surface area contributed by atoms with Gasteiger partial charge in [-0.15, -0.1) is 0 Å². The lowest BCUT2D eigenvalue weighted by molar-refractivity contribution is -0.144. The molecule has 2 amide bonds. The number of hydrogen-bond donors (Lipinski definition) is 2. The maximum Gasteiger partial charge on any atom is 0.331 e. The number of carbonyl (C=O) groups excluding carboxylic acids is 3. The van der Waals surface area contributed by atoms with E-state index in [1.807, 2.05) is 13.8 Å². The first-order valence-electron chi connectivity index (χ1n) is 10.9. The van der Waals surface area contributed by atoms with Crippen molar-refractivity contribution in [3.63, 3.8) is 0 Å². The summed E-state index contributed by atoms with van der Waals surface area (Å²) in [7, 11) is 1.30. The van der Waals surface area contributed by atoms with Crippen LogP contribution in [0.25, 0.3) is 11.1 Å². The number of rotatable bonds is 4. The van der Waals surface area contributed by atoms with Gasteiger partial charge in [-0.25, -0.2) is 9.18 Å². The zero-order chi connectivity index (χ0) is 24.3. The van der Waals surface area contributed by atoms with Crippen LogP contribution in [0.5, 0.6) is 0 Å². The van der Waals surface area contributed by atoms with Crippen molar-refractivity contribution < 1.29 is 28.2 Å². The Morgan fingerprint density at radius 3 is 2.47 bits per heavy atom. The number of allylic oxidation sites excluding steroid dienone is 1. The average molecular weight is 462 g/mol. The van der Waals surface area contributed by atoms with Gasteiger partial charge >= 0.3 is 5.97 Å². The number of benzene rings is 2. The van der Waals surface area contributed by atoms with Crippen molar-refractivity contribution in [1.29, 1.82) is 0 Å². The van der Waals surface area contributed by atoms with Gasteiger partial charge in [0.1, 0.15) is 22.7 Å². The average Bonchev–Trinajstić information content (AvgIpc) is 3.41. The summed E-state index contributed by atoms with van der Waals surface area (Å²) in [4.78, 5) is 37.2. The minimum absolute atomic E-state index is 0.348. The molecule has 1 fully saturated rings. The van der Waals surface area contributed by atoms with Gasteiger partial charge < -0.3 is 20.1 Å². The van der Waals surface area contributed by atoms with Crippen LogP contribution in [0.3, 0.4) is 0 Å². The molecule has 7 nitrogen and oxygen atoms in total. The van der Waals surface area contributed by atoms with E-state index >= 15 is 0 Å². The van der Waals surface area contributed by atoms with Crippen LogP contribution in [0.1, 0.15) is 48.2 Å². The van der Waals surface area contributed by atoms with E-state index in [9.17, 15) is 18.8 Å². The molecule has 0 bridgehead atoms. The number of nitrogens with one attached hydrogen (secondary N) is 2. The third kappa shape index (κ3) is 3.55. The van der Waals surface area contributed by atoms with Crippen molar-refractivity contribution in [2.45, 2.75) is 37.8 Å². The lowest BCUT2D eigenvalue weighted by Gasteiger charge is -2.23. The Hall–Kier alpha value is -3.94. The summed E-state index contributed by atoms with van der Waals surface area (Å²) in [5, 5.41) is 5.45. The van der Waals surface area contributed by atoms with E-state index in [1.165, 1.54) is 19.2 Å². The number of amides is 2. The zero-order valence-corrected chi connectivity index (χ0v) is 19.0. The molecule has 0 spiro atoms. The second-order valence-corrected chi connectivity index (χ2v) is 9.16. The molecule has 2 aromatic rings. The standard InChI is InChI=1S/C26H23FN2O5/c1-25(2)18(13-20(34-25)21-17-9-8-16(27)12-19(17)28-23(21)31)14-4-6-15(7-5-14)22(30)29-26(10-11-26)24(32)33-3/h4-9,12-13H,10-11H2,1-3H3,(H,28,31)(H,29,30). The molecular formula is C26H23FN2O5. The Morgan fingerprint density at radius 1 is 1.12 bits per heavy atom. The van der Waals surface area contributed by atoms with Crippen LogP contribution >= 0.6 is 0 Å². The molecule has 2 heterocycles. The highest BCUT2D eigenvalue weighted by Gasteiger charge is 2.52. The molecule has 8 heteroatoms. The number of halogens is 1. The third-order valence-electron chi connectivity index (χ3n) is 6.40. The number of anilines is 1. The summed E-state index contributed by atoms with van der Waals surface area (Å²) >= 11 is 0. The number of carbonyl (C=O) groups is 3. The van der Waals surface area contributed by atoms with Crippen LogP contribution in [0, 0.1) is 5.82 Å². The Bertz CT molecular complexity index is 1300. The Morgan fingerprint density at radius 2 is 1.82 bits per heavy atom. The van der Waals surface area contributed by atoms with Gasteiger partial charge in [-0.2, -0.15) is 0 Å². The molecule has 2 N–H and O–H groups in total. The van der Waals surface area contributed by atoms with Crippen molar-refractivity contribution >= 4 is 34.6 Å². The predicted molar refractivity (Wildman–Crippen MR) is 123 cm³/mol. The molecule has 2 aliphatic heterocycles. The van der Waals surface area contributed by atoms with Gasteiger partial charge in [-0.1, -0.05) is 12.1 Å². The van der Waals surface area contributed by atoms with E-state index in [1.54, 1.807) is 36.4 Å². The fourth-order valence-corrected chi connectivity index (χ4v) is 4.40. The Labute approximate surface area is 195 Å². The first-order chi connectivity index (χ1) is 16.1. The zero-order valence-electron chi connectivity index (χ0n) is 19.0. The molecule has 1 aliphatic carbocycles. The topological polar surface area (TPSA) is 93.7 Å². The largest absolute Gasteiger partial charge is 0.482 e. The van der Waals surface area contributed by atoms with Gasteiger partial charge in [0, 0.05) is 16.7 Å². The van der Waals surface area contributed by atoms with Crippen LogP contribution in [0.15, 0.2) is 54.3 Å². The molecule has 5 rings (SSSR count). The lowest BCUT2D eigenvalue weighted by Crippen LogP contribution is -2.43. The molecule has 0 radical (unpaired) electrons. The Kier molecular flexibility index (Phi) is 4.86. The van der Waals surface area contributed by atoms with Gasteiger partial charge in [-0.3, -0.25) is 9.59 Å². The highest BCUT2D eigenvalue weighted by atomic mass is 19.1. The SMILES string of the molecule is COC(=O)C1(NC(=O)c2ccc(C3=CC(=C4C(=O)Nc5cc(F)ccc54)OC3(C)C)cc2)CC1.